The minimum absolute atomic E-state index is 0.0941. The van der Waals surface area contributed by atoms with Crippen molar-refractivity contribution in [2.24, 2.45) is 0 Å². The van der Waals surface area contributed by atoms with Gasteiger partial charge in [0.2, 0.25) is 0 Å². The number of likely N-dealkylation sites (N-methyl/N-ethyl adjacent to an activating group) is 1. The van der Waals surface area contributed by atoms with E-state index in [4.69, 9.17) is 11.6 Å². The third kappa shape index (κ3) is 3.96. The van der Waals surface area contributed by atoms with Gasteiger partial charge in [-0.3, -0.25) is 9.59 Å². The second-order valence-corrected chi connectivity index (χ2v) is 7.66. The van der Waals surface area contributed by atoms with E-state index < -0.39 is 17.7 Å². The van der Waals surface area contributed by atoms with E-state index in [1.165, 1.54) is 4.90 Å². The highest BCUT2D eigenvalue weighted by Crippen LogP contribution is 2.39. The molecule has 2 aromatic rings. The van der Waals surface area contributed by atoms with Crippen LogP contribution in [0.4, 0.5) is 0 Å². The number of benzene rings is 2. The second kappa shape index (κ2) is 8.17. The van der Waals surface area contributed by atoms with Crippen molar-refractivity contribution in [3.05, 3.63) is 75.8 Å². The number of amides is 1. The molecule has 1 aliphatic rings. The first-order valence-corrected chi connectivity index (χ1v) is 9.43. The van der Waals surface area contributed by atoms with Crippen LogP contribution in [-0.4, -0.2) is 53.8 Å². The van der Waals surface area contributed by atoms with Gasteiger partial charge in [0.25, 0.3) is 11.7 Å². The quantitative estimate of drug-likeness (QED) is 0.474. The fourth-order valence-corrected chi connectivity index (χ4v) is 3.59. The zero-order chi connectivity index (χ0) is 20.4. The summed E-state index contributed by atoms with van der Waals surface area (Å²) < 4.78 is 0. The maximum atomic E-state index is 12.9. The number of ketones is 1. The number of nitrogens with zero attached hydrogens (tertiary/aromatic N) is 2. The Bertz CT molecular complexity index is 952. The lowest BCUT2D eigenvalue weighted by Crippen LogP contribution is -2.35. The Kier molecular flexibility index (Phi) is 5.87. The fraction of sp³-hybridized carbons (Fsp3) is 0.273. The van der Waals surface area contributed by atoms with E-state index in [1.54, 1.807) is 24.3 Å². The summed E-state index contributed by atoms with van der Waals surface area (Å²) in [5.74, 6) is -1.49. The molecule has 1 atom stereocenters. The molecule has 0 saturated carbocycles. The summed E-state index contributed by atoms with van der Waals surface area (Å²) in [4.78, 5) is 29.1. The molecular formula is C22H23ClN2O3. The van der Waals surface area contributed by atoms with Crippen LogP contribution in [0.3, 0.4) is 0 Å². The van der Waals surface area contributed by atoms with Gasteiger partial charge < -0.3 is 14.9 Å². The highest BCUT2D eigenvalue weighted by molar-refractivity contribution is 6.46. The highest BCUT2D eigenvalue weighted by atomic mass is 35.5. The number of carbonyl (C=O) groups excluding carboxylic acids is 2. The van der Waals surface area contributed by atoms with E-state index in [9.17, 15) is 14.7 Å². The number of carbonyl (C=O) groups is 2. The van der Waals surface area contributed by atoms with Crippen LogP contribution in [0.25, 0.3) is 5.76 Å². The predicted octanol–water partition coefficient (Wildman–Crippen LogP) is 3.63. The van der Waals surface area contributed by atoms with Crippen molar-refractivity contribution in [1.29, 1.82) is 0 Å². The number of aryl methyl sites for hydroxylation is 1. The molecule has 1 heterocycles. The standard InChI is InChI=1S/C22H23ClN2O3/c1-14-6-4-7-15(12-14)19-18(20(26)16-8-5-9-17(23)13-16)21(27)22(28)25(19)11-10-24(2)3/h4-9,12-13,19,26H,10-11H2,1-3H3/b20-18-. The van der Waals surface area contributed by atoms with Crippen LogP contribution in [0, 0.1) is 6.92 Å². The highest BCUT2D eigenvalue weighted by Gasteiger charge is 2.45. The predicted molar refractivity (Wildman–Crippen MR) is 110 cm³/mol. The molecule has 3 rings (SSSR count). The smallest absolute Gasteiger partial charge is 0.295 e. The molecular weight excluding hydrogens is 376 g/mol. The number of halogens is 1. The van der Waals surface area contributed by atoms with Crippen molar-refractivity contribution in [3.8, 4) is 0 Å². The minimum atomic E-state index is -0.678. The SMILES string of the molecule is Cc1cccc(C2/C(=C(/O)c3cccc(Cl)c3)C(=O)C(=O)N2CCN(C)C)c1. The summed E-state index contributed by atoms with van der Waals surface area (Å²) in [5.41, 5.74) is 2.31. The van der Waals surface area contributed by atoms with E-state index in [0.717, 1.165) is 11.1 Å². The Hall–Kier alpha value is -2.63. The number of likely N-dealkylation sites (tertiary alicyclic amines) is 1. The van der Waals surface area contributed by atoms with Crippen molar-refractivity contribution >= 4 is 29.1 Å². The number of Topliss-reactive ketones (excluding diaryl/α,β-unsaturated/α-hetero) is 1. The summed E-state index contributed by atoms with van der Waals surface area (Å²) in [6.45, 7) is 2.93. The Balaban J connectivity index is 2.16. The van der Waals surface area contributed by atoms with Gasteiger partial charge in [-0.2, -0.15) is 0 Å². The van der Waals surface area contributed by atoms with Crippen LogP contribution in [0.1, 0.15) is 22.7 Å². The molecule has 0 aromatic heterocycles. The van der Waals surface area contributed by atoms with Crippen LogP contribution in [0.15, 0.2) is 54.1 Å². The zero-order valence-electron chi connectivity index (χ0n) is 16.1. The molecule has 1 saturated heterocycles. The maximum Gasteiger partial charge on any atom is 0.295 e. The van der Waals surface area contributed by atoms with Crippen LogP contribution in [-0.2, 0) is 9.59 Å². The molecule has 5 nitrogen and oxygen atoms in total. The van der Waals surface area contributed by atoms with Gasteiger partial charge >= 0.3 is 0 Å². The largest absolute Gasteiger partial charge is 0.507 e. The molecule has 0 radical (unpaired) electrons. The van der Waals surface area contributed by atoms with Crippen molar-refractivity contribution in [2.45, 2.75) is 13.0 Å². The van der Waals surface area contributed by atoms with Gasteiger partial charge in [-0.15, -0.1) is 0 Å². The van der Waals surface area contributed by atoms with Crippen LogP contribution in [0.2, 0.25) is 5.02 Å². The summed E-state index contributed by atoms with van der Waals surface area (Å²) in [6, 6.07) is 13.6. The lowest BCUT2D eigenvalue weighted by molar-refractivity contribution is -0.140. The van der Waals surface area contributed by atoms with Crippen molar-refractivity contribution < 1.29 is 14.7 Å². The van der Waals surface area contributed by atoms with E-state index in [2.05, 4.69) is 0 Å². The molecule has 2 aromatic carbocycles. The topological polar surface area (TPSA) is 60.9 Å². The molecule has 146 valence electrons. The monoisotopic (exact) mass is 398 g/mol. The fourth-order valence-electron chi connectivity index (χ4n) is 3.40. The number of rotatable bonds is 5. The molecule has 1 fully saturated rings. The van der Waals surface area contributed by atoms with Gasteiger partial charge in [-0.05, 0) is 38.7 Å². The van der Waals surface area contributed by atoms with E-state index in [1.807, 2.05) is 50.2 Å². The summed E-state index contributed by atoms with van der Waals surface area (Å²) in [5, 5.41) is 11.4. The van der Waals surface area contributed by atoms with E-state index >= 15 is 0 Å². The average Bonchev–Trinajstić information content (AvgIpc) is 2.90. The number of hydrogen-bond acceptors (Lipinski definition) is 4. The Labute approximate surface area is 169 Å². The summed E-state index contributed by atoms with van der Waals surface area (Å²) in [6.07, 6.45) is 0. The number of aliphatic hydroxyl groups is 1. The second-order valence-electron chi connectivity index (χ2n) is 7.22. The van der Waals surface area contributed by atoms with Crippen LogP contribution in [0.5, 0.6) is 0 Å². The Morgan fingerprint density at radius 2 is 1.86 bits per heavy atom. The van der Waals surface area contributed by atoms with E-state index in [-0.39, 0.29) is 11.3 Å². The first-order valence-electron chi connectivity index (χ1n) is 9.05. The lowest BCUT2D eigenvalue weighted by Gasteiger charge is -2.26. The van der Waals surface area contributed by atoms with Gasteiger partial charge in [0.05, 0.1) is 11.6 Å². The molecule has 0 aliphatic carbocycles. The van der Waals surface area contributed by atoms with Crippen LogP contribution < -0.4 is 0 Å². The molecule has 1 unspecified atom stereocenters. The molecule has 0 spiro atoms. The molecule has 0 bridgehead atoms. The van der Waals surface area contributed by atoms with E-state index in [0.29, 0.717) is 23.7 Å². The van der Waals surface area contributed by atoms with Gasteiger partial charge in [-0.1, -0.05) is 53.6 Å². The third-order valence-corrected chi connectivity index (χ3v) is 5.02. The van der Waals surface area contributed by atoms with Gasteiger partial charge in [0, 0.05) is 23.7 Å². The molecule has 1 amide bonds. The molecule has 1 aliphatic heterocycles. The first kappa shape index (κ1) is 20.1. The third-order valence-electron chi connectivity index (χ3n) is 4.78. The number of hydrogen-bond donors (Lipinski definition) is 1. The van der Waals surface area contributed by atoms with Gasteiger partial charge in [0.1, 0.15) is 5.76 Å². The maximum absolute atomic E-state index is 12.9. The Morgan fingerprint density at radius 1 is 1.14 bits per heavy atom. The first-order chi connectivity index (χ1) is 13.3. The lowest BCUT2D eigenvalue weighted by atomic mass is 9.94. The summed E-state index contributed by atoms with van der Waals surface area (Å²) in [7, 11) is 3.81. The van der Waals surface area contributed by atoms with Gasteiger partial charge in [0.15, 0.2) is 0 Å². The minimum Gasteiger partial charge on any atom is -0.507 e. The molecule has 1 N–H and O–H groups in total. The molecule has 28 heavy (non-hydrogen) atoms. The van der Waals surface area contributed by atoms with Crippen molar-refractivity contribution in [2.75, 3.05) is 27.2 Å². The molecule has 6 heteroatoms. The number of aliphatic hydroxyl groups excluding tert-OH is 1. The normalized spacial score (nSPS) is 18.9. The van der Waals surface area contributed by atoms with Crippen LogP contribution >= 0.6 is 11.6 Å². The van der Waals surface area contributed by atoms with Crippen molar-refractivity contribution in [1.82, 2.24) is 9.80 Å². The summed E-state index contributed by atoms with van der Waals surface area (Å²) >= 11 is 6.05. The van der Waals surface area contributed by atoms with Gasteiger partial charge in [-0.25, -0.2) is 0 Å². The average molecular weight is 399 g/mol. The zero-order valence-corrected chi connectivity index (χ0v) is 16.9. The van der Waals surface area contributed by atoms with Crippen molar-refractivity contribution in [3.63, 3.8) is 0 Å². The Morgan fingerprint density at radius 3 is 2.50 bits per heavy atom.